The zero-order chi connectivity index (χ0) is 20.0. The van der Waals surface area contributed by atoms with E-state index in [1.807, 2.05) is 0 Å². The van der Waals surface area contributed by atoms with Crippen LogP contribution in [0.15, 0.2) is 47.4 Å². The monoisotopic (exact) mass is 430 g/mol. The number of benzene rings is 2. The van der Waals surface area contributed by atoms with E-state index in [9.17, 15) is 13.2 Å². The van der Waals surface area contributed by atoms with Crippen LogP contribution in [0.3, 0.4) is 0 Å². The molecule has 1 amide bonds. The summed E-state index contributed by atoms with van der Waals surface area (Å²) in [5, 5.41) is 3.50. The van der Waals surface area contributed by atoms with E-state index in [2.05, 4.69) is 5.32 Å². The van der Waals surface area contributed by atoms with Gasteiger partial charge in [0.1, 0.15) is 5.75 Å². The number of sulfonamides is 1. The Morgan fingerprint density at radius 3 is 2.48 bits per heavy atom. The molecule has 146 valence electrons. The zero-order valence-corrected chi connectivity index (χ0v) is 17.2. The van der Waals surface area contributed by atoms with Crippen LogP contribution in [0.2, 0.25) is 10.0 Å². The Balaban J connectivity index is 1.90. The first-order chi connectivity index (χ1) is 12.7. The van der Waals surface area contributed by atoms with Crippen molar-refractivity contribution in [3.05, 3.63) is 58.1 Å². The standard InChI is InChI=1S/C18H20Cl2N2O4S/c1-22(2)27(24,25)17-6-4-3-5-13(17)12-21-18(23)9-10-26-14-7-8-15(19)16(20)11-14/h3-8,11H,9-10,12H2,1-2H3,(H,21,23). The van der Waals surface area contributed by atoms with E-state index >= 15 is 0 Å². The minimum atomic E-state index is -3.58. The molecule has 2 rings (SSSR count). The first-order valence-corrected chi connectivity index (χ1v) is 10.3. The van der Waals surface area contributed by atoms with Crippen LogP contribution < -0.4 is 10.1 Å². The van der Waals surface area contributed by atoms with Gasteiger partial charge in [0.2, 0.25) is 15.9 Å². The van der Waals surface area contributed by atoms with Crippen molar-refractivity contribution in [1.29, 1.82) is 0 Å². The van der Waals surface area contributed by atoms with E-state index in [-0.39, 0.29) is 30.4 Å². The summed E-state index contributed by atoms with van der Waals surface area (Å²) in [5.74, 6) is 0.256. The number of hydrogen-bond acceptors (Lipinski definition) is 4. The fraction of sp³-hybridized carbons (Fsp3) is 0.278. The molecule has 1 N–H and O–H groups in total. The second-order valence-corrected chi connectivity index (χ2v) is 8.78. The number of halogens is 2. The van der Waals surface area contributed by atoms with Gasteiger partial charge in [0.05, 0.1) is 28.0 Å². The van der Waals surface area contributed by atoms with E-state index in [0.29, 0.717) is 21.4 Å². The van der Waals surface area contributed by atoms with E-state index in [0.717, 1.165) is 4.31 Å². The maximum atomic E-state index is 12.4. The smallest absolute Gasteiger partial charge is 0.242 e. The molecule has 0 radical (unpaired) electrons. The lowest BCUT2D eigenvalue weighted by molar-refractivity contribution is -0.121. The molecule has 2 aromatic carbocycles. The fourth-order valence-electron chi connectivity index (χ4n) is 2.21. The molecule has 0 heterocycles. The SMILES string of the molecule is CN(C)S(=O)(=O)c1ccccc1CNC(=O)CCOc1ccc(Cl)c(Cl)c1. The van der Waals surface area contributed by atoms with Crippen LogP contribution >= 0.6 is 23.2 Å². The molecule has 0 aromatic heterocycles. The molecule has 0 aliphatic rings. The Morgan fingerprint density at radius 2 is 1.81 bits per heavy atom. The molecule has 0 saturated heterocycles. The van der Waals surface area contributed by atoms with E-state index in [4.69, 9.17) is 27.9 Å². The van der Waals surface area contributed by atoms with Gasteiger partial charge in [0, 0.05) is 26.7 Å². The number of amides is 1. The molecule has 0 saturated carbocycles. The van der Waals surface area contributed by atoms with Gasteiger partial charge in [-0.25, -0.2) is 12.7 Å². The van der Waals surface area contributed by atoms with Gasteiger partial charge in [0.25, 0.3) is 0 Å². The normalized spacial score (nSPS) is 11.4. The van der Waals surface area contributed by atoms with Crippen molar-refractivity contribution >= 4 is 39.1 Å². The lowest BCUT2D eigenvalue weighted by Gasteiger charge is -2.15. The molecule has 0 unspecified atom stereocenters. The van der Waals surface area contributed by atoms with Crippen molar-refractivity contribution in [3.8, 4) is 5.75 Å². The number of carbonyl (C=O) groups is 1. The molecule has 0 atom stereocenters. The molecule has 9 heteroatoms. The van der Waals surface area contributed by atoms with Gasteiger partial charge in [-0.2, -0.15) is 0 Å². The minimum Gasteiger partial charge on any atom is -0.493 e. The predicted octanol–water partition coefficient (Wildman–Crippen LogP) is 3.33. The molecule has 0 bridgehead atoms. The van der Waals surface area contributed by atoms with Gasteiger partial charge in [-0.05, 0) is 23.8 Å². The first kappa shape index (κ1) is 21.5. The maximum absolute atomic E-state index is 12.4. The molecule has 0 aliphatic heterocycles. The van der Waals surface area contributed by atoms with Crippen molar-refractivity contribution in [2.75, 3.05) is 20.7 Å². The molecule has 2 aromatic rings. The van der Waals surface area contributed by atoms with Crippen molar-refractivity contribution in [3.63, 3.8) is 0 Å². The molecular weight excluding hydrogens is 411 g/mol. The Kier molecular flexibility index (Phi) is 7.49. The Hall–Kier alpha value is -1.80. The quantitative estimate of drug-likeness (QED) is 0.696. The van der Waals surface area contributed by atoms with Gasteiger partial charge in [-0.15, -0.1) is 0 Å². The highest BCUT2D eigenvalue weighted by molar-refractivity contribution is 7.89. The second-order valence-electron chi connectivity index (χ2n) is 5.85. The Bertz CT molecular complexity index is 917. The first-order valence-electron chi connectivity index (χ1n) is 8.07. The fourth-order valence-corrected chi connectivity index (χ4v) is 3.61. The van der Waals surface area contributed by atoms with Gasteiger partial charge in [0.15, 0.2) is 0 Å². The molecular formula is C18H20Cl2N2O4S. The Morgan fingerprint density at radius 1 is 1.11 bits per heavy atom. The number of hydrogen-bond donors (Lipinski definition) is 1. The van der Waals surface area contributed by atoms with Crippen molar-refractivity contribution < 1.29 is 17.9 Å². The zero-order valence-electron chi connectivity index (χ0n) is 14.9. The summed E-state index contributed by atoms with van der Waals surface area (Å²) >= 11 is 11.7. The largest absolute Gasteiger partial charge is 0.493 e. The van der Waals surface area contributed by atoms with Crippen LogP contribution in [-0.4, -0.2) is 39.3 Å². The minimum absolute atomic E-state index is 0.106. The number of nitrogens with one attached hydrogen (secondary N) is 1. The van der Waals surface area contributed by atoms with Gasteiger partial charge in [-0.3, -0.25) is 4.79 Å². The molecule has 6 nitrogen and oxygen atoms in total. The average molecular weight is 431 g/mol. The number of ether oxygens (including phenoxy) is 1. The lowest BCUT2D eigenvalue weighted by atomic mass is 10.2. The van der Waals surface area contributed by atoms with Crippen LogP contribution in [0.5, 0.6) is 5.75 Å². The van der Waals surface area contributed by atoms with Gasteiger partial charge < -0.3 is 10.1 Å². The van der Waals surface area contributed by atoms with Crippen molar-refractivity contribution in [2.45, 2.75) is 17.9 Å². The molecule has 0 aliphatic carbocycles. The van der Waals surface area contributed by atoms with Crippen LogP contribution in [-0.2, 0) is 21.4 Å². The number of rotatable bonds is 8. The van der Waals surface area contributed by atoms with E-state index in [1.165, 1.54) is 20.2 Å². The highest BCUT2D eigenvalue weighted by atomic mass is 35.5. The predicted molar refractivity (Wildman–Crippen MR) is 106 cm³/mol. The second kappa shape index (κ2) is 9.41. The molecule has 0 spiro atoms. The Labute approximate surface area is 169 Å². The molecule has 0 fully saturated rings. The summed E-state index contributed by atoms with van der Waals surface area (Å²) in [6, 6.07) is 11.4. The maximum Gasteiger partial charge on any atom is 0.242 e. The van der Waals surface area contributed by atoms with E-state index < -0.39 is 10.0 Å². The third-order valence-electron chi connectivity index (χ3n) is 3.70. The van der Waals surface area contributed by atoms with E-state index in [1.54, 1.807) is 36.4 Å². The lowest BCUT2D eigenvalue weighted by Crippen LogP contribution is -2.27. The topological polar surface area (TPSA) is 75.7 Å². The number of nitrogens with zero attached hydrogens (tertiary/aromatic N) is 1. The third kappa shape index (κ3) is 5.84. The summed E-state index contributed by atoms with van der Waals surface area (Å²) in [4.78, 5) is 12.2. The van der Waals surface area contributed by atoms with Crippen LogP contribution in [0.4, 0.5) is 0 Å². The van der Waals surface area contributed by atoms with Crippen molar-refractivity contribution in [2.24, 2.45) is 0 Å². The third-order valence-corrected chi connectivity index (χ3v) is 6.35. The number of carbonyl (C=O) groups excluding carboxylic acids is 1. The van der Waals surface area contributed by atoms with Crippen LogP contribution in [0.1, 0.15) is 12.0 Å². The average Bonchev–Trinajstić information content (AvgIpc) is 2.63. The van der Waals surface area contributed by atoms with Crippen molar-refractivity contribution in [1.82, 2.24) is 9.62 Å². The van der Waals surface area contributed by atoms with Crippen LogP contribution in [0, 0.1) is 0 Å². The summed E-state index contributed by atoms with van der Waals surface area (Å²) in [7, 11) is -0.655. The summed E-state index contributed by atoms with van der Waals surface area (Å²) in [5.41, 5.74) is 0.518. The summed E-state index contributed by atoms with van der Waals surface area (Å²) in [6.07, 6.45) is 0.114. The van der Waals surface area contributed by atoms with Gasteiger partial charge >= 0.3 is 0 Å². The van der Waals surface area contributed by atoms with Crippen LogP contribution in [0.25, 0.3) is 0 Å². The summed E-state index contributed by atoms with van der Waals surface area (Å²) in [6.45, 7) is 0.260. The summed E-state index contributed by atoms with van der Waals surface area (Å²) < 4.78 is 31.3. The highest BCUT2D eigenvalue weighted by Crippen LogP contribution is 2.26. The van der Waals surface area contributed by atoms with Gasteiger partial charge in [-0.1, -0.05) is 41.4 Å². The highest BCUT2D eigenvalue weighted by Gasteiger charge is 2.20. The molecule has 27 heavy (non-hydrogen) atoms.